The van der Waals surface area contributed by atoms with Crippen LogP contribution in [0.5, 0.6) is 0 Å². The van der Waals surface area contributed by atoms with Crippen LogP contribution < -0.4 is 10.5 Å². The number of nitrogens with zero attached hydrogens (tertiary/aromatic N) is 4. The lowest BCUT2D eigenvalue weighted by molar-refractivity contribution is 0.692. The van der Waals surface area contributed by atoms with E-state index in [0.29, 0.717) is 10.9 Å². The molecule has 3 heterocycles. The average molecular weight is 291 g/mol. The largest absolute Gasteiger partial charge is 0.354 e. The molecule has 0 amide bonds. The minimum absolute atomic E-state index is 0.0936. The van der Waals surface area contributed by atoms with Gasteiger partial charge in [0.1, 0.15) is 5.82 Å². The van der Waals surface area contributed by atoms with E-state index in [0.717, 1.165) is 31.0 Å². The van der Waals surface area contributed by atoms with Crippen molar-refractivity contribution in [3.63, 3.8) is 0 Å². The van der Waals surface area contributed by atoms with Crippen molar-refractivity contribution >= 4 is 17.4 Å². The van der Waals surface area contributed by atoms with Gasteiger partial charge in [0, 0.05) is 44.0 Å². The third-order valence-corrected chi connectivity index (χ3v) is 3.85. The first-order valence-corrected chi connectivity index (χ1v) is 6.92. The van der Waals surface area contributed by atoms with E-state index in [2.05, 4.69) is 15.0 Å². The monoisotopic (exact) mass is 290 g/mol. The highest BCUT2D eigenvalue weighted by Gasteiger charge is 2.25. The summed E-state index contributed by atoms with van der Waals surface area (Å²) in [6, 6.07) is 7.18. The smallest absolute Gasteiger partial charge is 0.266 e. The lowest BCUT2D eigenvalue weighted by atomic mass is 10.0. The second-order valence-electron chi connectivity index (χ2n) is 4.99. The SMILES string of the molecule is Cn1nc(N2CCC(c3ccc(Cl)cn3)C2)ccc1=O. The van der Waals surface area contributed by atoms with Crippen LogP contribution in [-0.2, 0) is 7.05 Å². The standard InChI is InChI=1S/C14H15ClN4O/c1-18-14(20)5-4-13(17-18)19-7-6-10(9-19)12-3-2-11(15)8-16-12/h2-5,8,10H,6-7,9H2,1H3. The molecule has 0 saturated carbocycles. The van der Waals surface area contributed by atoms with Crippen molar-refractivity contribution in [1.29, 1.82) is 0 Å². The number of pyridine rings is 1. The van der Waals surface area contributed by atoms with E-state index in [1.54, 1.807) is 25.4 Å². The molecule has 1 fully saturated rings. The molecule has 1 aliphatic heterocycles. The molecule has 3 rings (SSSR count). The molecule has 0 aliphatic carbocycles. The van der Waals surface area contributed by atoms with Crippen LogP contribution in [0.3, 0.4) is 0 Å². The van der Waals surface area contributed by atoms with Crippen molar-refractivity contribution in [3.8, 4) is 0 Å². The minimum atomic E-state index is -0.0936. The molecule has 2 aromatic heterocycles. The molecule has 0 spiro atoms. The molecule has 5 nitrogen and oxygen atoms in total. The van der Waals surface area contributed by atoms with Crippen molar-refractivity contribution < 1.29 is 0 Å². The maximum absolute atomic E-state index is 11.4. The highest BCUT2D eigenvalue weighted by molar-refractivity contribution is 6.30. The molecule has 1 aliphatic rings. The summed E-state index contributed by atoms with van der Waals surface area (Å²) in [4.78, 5) is 17.9. The Morgan fingerprint density at radius 1 is 1.30 bits per heavy atom. The van der Waals surface area contributed by atoms with Gasteiger partial charge >= 0.3 is 0 Å². The maximum atomic E-state index is 11.4. The van der Waals surface area contributed by atoms with Crippen LogP contribution in [0.4, 0.5) is 5.82 Å². The fourth-order valence-electron chi connectivity index (χ4n) is 2.50. The van der Waals surface area contributed by atoms with Gasteiger partial charge in [0.05, 0.1) is 5.02 Å². The van der Waals surface area contributed by atoms with Crippen molar-refractivity contribution in [2.24, 2.45) is 7.05 Å². The van der Waals surface area contributed by atoms with Gasteiger partial charge in [-0.3, -0.25) is 9.78 Å². The van der Waals surface area contributed by atoms with Crippen LogP contribution in [-0.4, -0.2) is 27.9 Å². The molecular weight excluding hydrogens is 276 g/mol. The van der Waals surface area contributed by atoms with Gasteiger partial charge in [-0.25, -0.2) is 4.68 Å². The number of aromatic nitrogens is 3. The Balaban J connectivity index is 1.77. The molecule has 0 bridgehead atoms. The summed E-state index contributed by atoms with van der Waals surface area (Å²) in [5.74, 6) is 1.22. The molecule has 1 saturated heterocycles. The van der Waals surface area contributed by atoms with E-state index in [-0.39, 0.29) is 5.56 Å². The molecule has 2 aromatic rings. The van der Waals surface area contributed by atoms with Crippen molar-refractivity contribution in [2.75, 3.05) is 18.0 Å². The Morgan fingerprint density at radius 2 is 2.15 bits per heavy atom. The normalized spacial score (nSPS) is 18.5. The summed E-state index contributed by atoms with van der Waals surface area (Å²) in [6.07, 6.45) is 2.71. The fourth-order valence-corrected chi connectivity index (χ4v) is 2.61. The van der Waals surface area contributed by atoms with Crippen LogP contribution in [0.1, 0.15) is 18.0 Å². The van der Waals surface area contributed by atoms with E-state index in [1.165, 1.54) is 4.68 Å². The maximum Gasteiger partial charge on any atom is 0.266 e. The van der Waals surface area contributed by atoms with Gasteiger partial charge < -0.3 is 4.90 Å². The van der Waals surface area contributed by atoms with E-state index in [4.69, 9.17) is 11.6 Å². The number of halogens is 1. The zero-order valence-corrected chi connectivity index (χ0v) is 11.9. The van der Waals surface area contributed by atoms with Gasteiger partial charge in [0.2, 0.25) is 0 Å². The van der Waals surface area contributed by atoms with Crippen LogP contribution in [0, 0.1) is 0 Å². The minimum Gasteiger partial charge on any atom is -0.354 e. The molecule has 1 atom stereocenters. The van der Waals surface area contributed by atoms with E-state index < -0.39 is 0 Å². The van der Waals surface area contributed by atoms with E-state index in [9.17, 15) is 4.79 Å². The second kappa shape index (κ2) is 5.25. The zero-order valence-electron chi connectivity index (χ0n) is 11.2. The van der Waals surface area contributed by atoms with E-state index >= 15 is 0 Å². The Hall–Kier alpha value is -1.88. The molecule has 6 heteroatoms. The van der Waals surface area contributed by atoms with Gasteiger partial charge in [-0.2, -0.15) is 5.10 Å². The first-order chi connectivity index (χ1) is 9.63. The summed E-state index contributed by atoms with van der Waals surface area (Å²) < 4.78 is 1.36. The Kier molecular flexibility index (Phi) is 3.44. The third kappa shape index (κ3) is 2.54. The van der Waals surface area contributed by atoms with Gasteiger partial charge in [0.15, 0.2) is 0 Å². The average Bonchev–Trinajstić information content (AvgIpc) is 2.92. The Labute approximate surface area is 121 Å². The summed E-state index contributed by atoms with van der Waals surface area (Å²) in [5, 5.41) is 4.94. The first-order valence-electron chi connectivity index (χ1n) is 6.54. The molecule has 20 heavy (non-hydrogen) atoms. The zero-order chi connectivity index (χ0) is 14.1. The van der Waals surface area contributed by atoms with Crippen LogP contribution in [0.2, 0.25) is 5.02 Å². The predicted octanol–water partition coefficient (Wildman–Crippen LogP) is 1.82. The molecule has 0 N–H and O–H groups in total. The predicted molar refractivity (Wildman–Crippen MR) is 78.3 cm³/mol. The molecular formula is C14H15ClN4O. The molecule has 1 unspecified atom stereocenters. The second-order valence-corrected chi connectivity index (χ2v) is 5.42. The van der Waals surface area contributed by atoms with Crippen LogP contribution in [0.15, 0.2) is 35.3 Å². The van der Waals surface area contributed by atoms with Crippen LogP contribution >= 0.6 is 11.6 Å². The summed E-state index contributed by atoms with van der Waals surface area (Å²) in [6.45, 7) is 1.78. The van der Waals surface area contributed by atoms with Gasteiger partial charge in [-0.05, 0) is 24.6 Å². The number of aryl methyl sites for hydroxylation is 1. The lowest BCUT2D eigenvalue weighted by Gasteiger charge is -2.17. The lowest BCUT2D eigenvalue weighted by Crippen LogP contribution is -2.26. The Bertz CT molecular complexity index is 668. The highest BCUT2D eigenvalue weighted by Crippen LogP contribution is 2.28. The van der Waals surface area contributed by atoms with Gasteiger partial charge in [-0.1, -0.05) is 11.6 Å². The molecule has 0 radical (unpaired) electrons. The quantitative estimate of drug-likeness (QED) is 0.847. The van der Waals surface area contributed by atoms with E-state index in [1.807, 2.05) is 12.1 Å². The summed E-state index contributed by atoms with van der Waals surface area (Å²) in [5.41, 5.74) is 0.964. The Morgan fingerprint density at radius 3 is 2.85 bits per heavy atom. The number of anilines is 1. The molecule has 0 aromatic carbocycles. The highest BCUT2D eigenvalue weighted by atomic mass is 35.5. The van der Waals surface area contributed by atoms with Crippen molar-refractivity contribution in [2.45, 2.75) is 12.3 Å². The first kappa shape index (κ1) is 13.1. The van der Waals surface area contributed by atoms with Crippen molar-refractivity contribution in [1.82, 2.24) is 14.8 Å². The number of hydrogen-bond donors (Lipinski definition) is 0. The topological polar surface area (TPSA) is 51.0 Å². The summed E-state index contributed by atoms with van der Waals surface area (Å²) in [7, 11) is 1.67. The van der Waals surface area contributed by atoms with Gasteiger partial charge in [-0.15, -0.1) is 0 Å². The third-order valence-electron chi connectivity index (χ3n) is 3.63. The van der Waals surface area contributed by atoms with Crippen LogP contribution in [0.25, 0.3) is 0 Å². The number of rotatable bonds is 2. The van der Waals surface area contributed by atoms with Gasteiger partial charge in [0.25, 0.3) is 5.56 Å². The molecule has 104 valence electrons. The van der Waals surface area contributed by atoms with Crippen molar-refractivity contribution in [3.05, 3.63) is 51.5 Å². The summed E-state index contributed by atoms with van der Waals surface area (Å²) >= 11 is 5.86. The number of hydrogen-bond acceptors (Lipinski definition) is 4. The fraction of sp³-hybridized carbons (Fsp3) is 0.357.